The Balaban J connectivity index is 2.73. The van der Waals surface area contributed by atoms with E-state index < -0.39 is 0 Å². The van der Waals surface area contributed by atoms with E-state index in [1.807, 2.05) is 6.07 Å². The fourth-order valence-corrected chi connectivity index (χ4v) is 1.59. The summed E-state index contributed by atoms with van der Waals surface area (Å²) < 4.78 is 0. The second kappa shape index (κ2) is 5.25. The van der Waals surface area contributed by atoms with Gasteiger partial charge in [-0.15, -0.1) is 0 Å². The highest BCUT2D eigenvalue weighted by Gasteiger charge is 2.00. The highest BCUT2D eigenvalue weighted by Crippen LogP contribution is 2.19. The predicted octanol–water partition coefficient (Wildman–Crippen LogP) is 3.14. The van der Waals surface area contributed by atoms with Gasteiger partial charge in [0.1, 0.15) is 0 Å². The topological polar surface area (TPSA) is 26.0 Å². The standard InChI is InChI=1S/C11H16ClN/c1-2-3-4-10-6-5-9(8-13)7-11(10)12/h5-7H,2-4,8,13H2,1H3. The van der Waals surface area contributed by atoms with Crippen molar-refractivity contribution in [2.45, 2.75) is 32.7 Å². The maximum Gasteiger partial charge on any atom is 0.0441 e. The van der Waals surface area contributed by atoms with Crippen molar-refractivity contribution in [3.8, 4) is 0 Å². The number of unbranched alkanes of at least 4 members (excludes halogenated alkanes) is 1. The average molecular weight is 198 g/mol. The maximum atomic E-state index is 6.09. The highest BCUT2D eigenvalue weighted by atomic mass is 35.5. The first-order valence-corrected chi connectivity index (χ1v) is 5.13. The predicted molar refractivity (Wildman–Crippen MR) is 58.0 cm³/mol. The van der Waals surface area contributed by atoms with Crippen molar-refractivity contribution >= 4 is 11.6 Å². The number of hydrogen-bond donors (Lipinski definition) is 1. The molecule has 0 aliphatic heterocycles. The molecule has 0 aromatic heterocycles. The van der Waals surface area contributed by atoms with Crippen molar-refractivity contribution in [2.24, 2.45) is 5.73 Å². The van der Waals surface area contributed by atoms with Crippen LogP contribution < -0.4 is 5.73 Å². The van der Waals surface area contributed by atoms with E-state index in [1.54, 1.807) is 0 Å². The van der Waals surface area contributed by atoms with Gasteiger partial charge in [0.25, 0.3) is 0 Å². The molecular formula is C11H16ClN. The largest absolute Gasteiger partial charge is 0.326 e. The van der Waals surface area contributed by atoms with E-state index in [4.69, 9.17) is 17.3 Å². The van der Waals surface area contributed by atoms with Crippen LogP contribution in [0.25, 0.3) is 0 Å². The maximum absolute atomic E-state index is 6.09. The van der Waals surface area contributed by atoms with Gasteiger partial charge in [-0.25, -0.2) is 0 Å². The zero-order chi connectivity index (χ0) is 9.68. The molecule has 2 heteroatoms. The molecule has 72 valence electrons. The minimum atomic E-state index is 0.563. The molecule has 0 aliphatic carbocycles. The van der Waals surface area contributed by atoms with Crippen LogP contribution in [0.5, 0.6) is 0 Å². The Morgan fingerprint density at radius 1 is 1.38 bits per heavy atom. The molecule has 1 nitrogen and oxygen atoms in total. The number of rotatable bonds is 4. The van der Waals surface area contributed by atoms with Crippen LogP contribution in [0.2, 0.25) is 5.02 Å². The van der Waals surface area contributed by atoms with Gasteiger partial charge in [0.05, 0.1) is 0 Å². The van der Waals surface area contributed by atoms with Gasteiger partial charge >= 0.3 is 0 Å². The van der Waals surface area contributed by atoms with Gasteiger partial charge in [0.2, 0.25) is 0 Å². The van der Waals surface area contributed by atoms with Gasteiger partial charge in [-0.05, 0) is 30.0 Å². The zero-order valence-electron chi connectivity index (χ0n) is 8.02. The van der Waals surface area contributed by atoms with E-state index in [-0.39, 0.29) is 0 Å². The van der Waals surface area contributed by atoms with E-state index in [0.717, 1.165) is 17.0 Å². The molecule has 0 aliphatic rings. The van der Waals surface area contributed by atoms with Crippen molar-refractivity contribution < 1.29 is 0 Å². The van der Waals surface area contributed by atoms with Gasteiger partial charge in [-0.1, -0.05) is 37.1 Å². The van der Waals surface area contributed by atoms with Crippen LogP contribution in [0.3, 0.4) is 0 Å². The fourth-order valence-electron chi connectivity index (χ4n) is 1.29. The molecule has 0 amide bonds. The molecule has 0 radical (unpaired) electrons. The first-order valence-electron chi connectivity index (χ1n) is 4.75. The summed E-state index contributed by atoms with van der Waals surface area (Å²) in [5, 5.41) is 0.858. The Morgan fingerprint density at radius 2 is 2.15 bits per heavy atom. The number of nitrogens with two attached hydrogens (primary N) is 1. The Labute approximate surface area is 84.9 Å². The monoisotopic (exact) mass is 197 g/mol. The molecule has 0 fully saturated rings. The lowest BCUT2D eigenvalue weighted by Gasteiger charge is -2.04. The molecule has 1 rings (SSSR count). The summed E-state index contributed by atoms with van der Waals surface area (Å²) in [5.41, 5.74) is 7.85. The highest BCUT2D eigenvalue weighted by molar-refractivity contribution is 6.31. The van der Waals surface area contributed by atoms with Crippen molar-refractivity contribution in [1.82, 2.24) is 0 Å². The Bertz CT molecular complexity index is 271. The second-order valence-corrected chi connectivity index (χ2v) is 3.64. The van der Waals surface area contributed by atoms with E-state index in [0.29, 0.717) is 6.54 Å². The lowest BCUT2D eigenvalue weighted by atomic mass is 10.1. The summed E-state index contributed by atoms with van der Waals surface area (Å²) in [4.78, 5) is 0. The van der Waals surface area contributed by atoms with Gasteiger partial charge < -0.3 is 5.73 Å². The SMILES string of the molecule is CCCCc1ccc(CN)cc1Cl. The molecular weight excluding hydrogens is 182 g/mol. The lowest BCUT2D eigenvalue weighted by Crippen LogP contribution is -1.97. The van der Waals surface area contributed by atoms with Crippen molar-refractivity contribution in [3.63, 3.8) is 0 Å². The number of hydrogen-bond acceptors (Lipinski definition) is 1. The number of aryl methyl sites for hydroxylation is 1. The summed E-state index contributed by atoms with van der Waals surface area (Å²) in [6, 6.07) is 6.10. The zero-order valence-corrected chi connectivity index (χ0v) is 8.77. The van der Waals surface area contributed by atoms with Gasteiger partial charge in [-0.3, -0.25) is 0 Å². The van der Waals surface area contributed by atoms with E-state index in [9.17, 15) is 0 Å². The van der Waals surface area contributed by atoms with Crippen LogP contribution in [0.4, 0.5) is 0 Å². The molecule has 0 saturated heterocycles. The fraction of sp³-hybridized carbons (Fsp3) is 0.455. The third-order valence-corrected chi connectivity index (χ3v) is 2.50. The third kappa shape index (κ3) is 3.02. The van der Waals surface area contributed by atoms with Crippen LogP contribution in [-0.4, -0.2) is 0 Å². The molecule has 0 spiro atoms. The van der Waals surface area contributed by atoms with E-state index >= 15 is 0 Å². The average Bonchev–Trinajstić information content (AvgIpc) is 2.16. The van der Waals surface area contributed by atoms with Crippen LogP contribution in [0, 0.1) is 0 Å². The molecule has 0 unspecified atom stereocenters. The molecule has 0 heterocycles. The quantitative estimate of drug-likeness (QED) is 0.789. The third-order valence-electron chi connectivity index (χ3n) is 2.15. The Kier molecular flexibility index (Phi) is 4.26. The van der Waals surface area contributed by atoms with Crippen molar-refractivity contribution in [3.05, 3.63) is 34.3 Å². The van der Waals surface area contributed by atoms with Crippen molar-refractivity contribution in [2.75, 3.05) is 0 Å². The smallest absolute Gasteiger partial charge is 0.0441 e. The summed E-state index contributed by atoms with van der Waals surface area (Å²) in [6.45, 7) is 2.75. The summed E-state index contributed by atoms with van der Waals surface area (Å²) >= 11 is 6.09. The number of benzene rings is 1. The first kappa shape index (κ1) is 10.6. The second-order valence-electron chi connectivity index (χ2n) is 3.23. The summed E-state index contributed by atoms with van der Waals surface area (Å²) in [5.74, 6) is 0. The van der Waals surface area contributed by atoms with E-state index in [2.05, 4.69) is 19.1 Å². The molecule has 2 N–H and O–H groups in total. The summed E-state index contributed by atoms with van der Waals surface area (Å²) in [6.07, 6.45) is 3.47. The lowest BCUT2D eigenvalue weighted by molar-refractivity contribution is 0.794. The first-order chi connectivity index (χ1) is 6.27. The van der Waals surface area contributed by atoms with Gasteiger partial charge in [-0.2, -0.15) is 0 Å². The van der Waals surface area contributed by atoms with Crippen LogP contribution in [0.15, 0.2) is 18.2 Å². The molecule has 13 heavy (non-hydrogen) atoms. The van der Waals surface area contributed by atoms with Gasteiger partial charge in [0, 0.05) is 11.6 Å². The number of halogens is 1. The Hall–Kier alpha value is -0.530. The van der Waals surface area contributed by atoms with Crippen LogP contribution in [-0.2, 0) is 13.0 Å². The minimum Gasteiger partial charge on any atom is -0.326 e. The normalized spacial score (nSPS) is 10.4. The molecule has 0 saturated carbocycles. The molecule has 1 aromatic carbocycles. The van der Waals surface area contributed by atoms with Crippen LogP contribution in [0.1, 0.15) is 30.9 Å². The summed E-state index contributed by atoms with van der Waals surface area (Å²) in [7, 11) is 0. The molecule has 0 bridgehead atoms. The molecule has 1 aromatic rings. The minimum absolute atomic E-state index is 0.563. The van der Waals surface area contributed by atoms with E-state index in [1.165, 1.54) is 18.4 Å². The van der Waals surface area contributed by atoms with Gasteiger partial charge in [0.15, 0.2) is 0 Å². The Morgan fingerprint density at radius 3 is 2.69 bits per heavy atom. The van der Waals surface area contributed by atoms with Crippen LogP contribution >= 0.6 is 11.6 Å². The molecule has 0 atom stereocenters. The van der Waals surface area contributed by atoms with Crippen molar-refractivity contribution in [1.29, 1.82) is 0 Å².